The first-order valence-electron chi connectivity index (χ1n) is 6.54. The fourth-order valence-corrected chi connectivity index (χ4v) is 3.02. The highest BCUT2D eigenvalue weighted by molar-refractivity contribution is 4.88. The van der Waals surface area contributed by atoms with E-state index in [2.05, 4.69) is 24.3 Å². The maximum absolute atomic E-state index is 5.10. The molecule has 96 valence electrons. The molecule has 0 aliphatic heterocycles. The van der Waals surface area contributed by atoms with Gasteiger partial charge in [-0.1, -0.05) is 12.8 Å². The fourth-order valence-electron chi connectivity index (χ4n) is 3.02. The van der Waals surface area contributed by atoms with Gasteiger partial charge in [0, 0.05) is 33.4 Å². The SMILES string of the molecule is CNCC1(CN(C)CCCOC)CCCC1. The topological polar surface area (TPSA) is 24.5 Å². The van der Waals surface area contributed by atoms with Crippen LogP contribution in [0.5, 0.6) is 0 Å². The molecule has 0 aromatic rings. The van der Waals surface area contributed by atoms with Gasteiger partial charge in [0.05, 0.1) is 0 Å². The quantitative estimate of drug-likeness (QED) is 0.640. The molecule has 16 heavy (non-hydrogen) atoms. The summed E-state index contributed by atoms with van der Waals surface area (Å²) in [6.45, 7) is 4.43. The Kier molecular flexibility index (Phi) is 6.32. The van der Waals surface area contributed by atoms with Crippen molar-refractivity contribution < 1.29 is 4.74 Å². The molecule has 0 aromatic carbocycles. The number of methoxy groups -OCH3 is 1. The van der Waals surface area contributed by atoms with E-state index in [9.17, 15) is 0 Å². The highest BCUT2D eigenvalue weighted by Gasteiger charge is 2.33. The Morgan fingerprint density at radius 3 is 2.56 bits per heavy atom. The largest absolute Gasteiger partial charge is 0.385 e. The van der Waals surface area contributed by atoms with Crippen molar-refractivity contribution in [1.82, 2.24) is 10.2 Å². The van der Waals surface area contributed by atoms with E-state index in [1.165, 1.54) is 38.8 Å². The molecule has 3 heteroatoms. The van der Waals surface area contributed by atoms with Gasteiger partial charge in [0.1, 0.15) is 0 Å². The van der Waals surface area contributed by atoms with Gasteiger partial charge in [-0.05, 0) is 38.8 Å². The highest BCUT2D eigenvalue weighted by atomic mass is 16.5. The predicted octanol–water partition coefficient (Wildman–Crippen LogP) is 1.73. The maximum Gasteiger partial charge on any atom is 0.0474 e. The average Bonchev–Trinajstić information content (AvgIpc) is 2.67. The average molecular weight is 228 g/mol. The number of nitrogens with zero attached hydrogens (tertiary/aromatic N) is 1. The van der Waals surface area contributed by atoms with Gasteiger partial charge in [0.15, 0.2) is 0 Å². The summed E-state index contributed by atoms with van der Waals surface area (Å²) in [5.41, 5.74) is 0.538. The normalized spacial score (nSPS) is 19.5. The summed E-state index contributed by atoms with van der Waals surface area (Å²) < 4.78 is 5.10. The molecule has 1 fully saturated rings. The van der Waals surface area contributed by atoms with Crippen LogP contribution in [0, 0.1) is 5.41 Å². The lowest BCUT2D eigenvalue weighted by Gasteiger charge is -2.33. The molecule has 0 heterocycles. The third kappa shape index (κ3) is 4.40. The lowest BCUT2D eigenvalue weighted by molar-refractivity contribution is 0.147. The van der Waals surface area contributed by atoms with Crippen LogP contribution in [0.25, 0.3) is 0 Å². The molecule has 1 rings (SSSR count). The van der Waals surface area contributed by atoms with E-state index in [4.69, 9.17) is 4.74 Å². The van der Waals surface area contributed by atoms with Crippen LogP contribution in [0.3, 0.4) is 0 Å². The van der Waals surface area contributed by atoms with Crippen LogP contribution in [-0.4, -0.2) is 52.3 Å². The van der Waals surface area contributed by atoms with E-state index in [1.807, 2.05) is 0 Å². The van der Waals surface area contributed by atoms with Crippen molar-refractivity contribution in [2.75, 3.05) is 47.4 Å². The molecular formula is C13H28N2O. The fraction of sp³-hybridized carbons (Fsp3) is 1.00. The number of rotatable bonds is 8. The lowest BCUT2D eigenvalue weighted by atomic mass is 9.85. The molecule has 1 aliphatic carbocycles. The minimum absolute atomic E-state index is 0.538. The Balaban J connectivity index is 2.30. The summed E-state index contributed by atoms with van der Waals surface area (Å²) in [4.78, 5) is 2.47. The van der Waals surface area contributed by atoms with Gasteiger partial charge >= 0.3 is 0 Å². The maximum atomic E-state index is 5.10. The second-order valence-electron chi connectivity index (χ2n) is 5.32. The summed E-state index contributed by atoms with van der Waals surface area (Å²) in [5.74, 6) is 0. The molecule has 0 amide bonds. The van der Waals surface area contributed by atoms with E-state index in [0.29, 0.717) is 5.41 Å². The Labute approximate surface area is 101 Å². The molecule has 0 saturated heterocycles. The van der Waals surface area contributed by atoms with Crippen LogP contribution >= 0.6 is 0 Å². The molecule has 0 bridgehead atoms. The van der Waals surface area contributed by atoms with Crippen LogP contribution in [-0.2, 0) is 4.74 Å². The van der Waals surface area contributed by atoms with Crippen molar-refractivity contribution in [3.8, 4) is 0 Å². The van der Waals surface area contributed by atoms with Gasteiger partial charge in [-0.15, -0.1) is 0 Å². The van der Waals surface area contributed by atoms with Crippen LogP contribution in [0.15, 0.2) is 0 Å². The summed E-state index contributed by atoms with van der Waals surface area (Å²) >= 11 is 0. The van der Waals surface area contributed by atoms with Crippen molar-refractivity contribution in [2.45, 2.75) is 32.1 Å². The van der Waals surface area contributed by atoms with Gasteiger partial charge in [-0.3, -0.25) is 0 Å². The Morgan fingerprint density at radius 2 is 2.00 bits per heavy atom. The zero-order valence-electron chi connectivity index (χ0n) is 11.2. The standard InChI is InChI=1S/C13H28N2O/c1-14-11-13(7-4-5-8-13)12-15(2)9-6-10-16-3/h14H,4-12H2,1-3H3. The van der Waals surface area contributed by atoms with Gasteiger partial charge in [0.25, 0.3) is 0 Å². The molecule has 3 nitrogen and oxygen atoms in total. The highest BCUT2D eigenvalue weighted by Crippen LogP contribution is 2.38. The van der Waals surface area contributed by atoms with Crippen LogP contribution in [0.4, 0.5) is 0 Å². The molecule has 1 aliphatic rings. The van der Waals surface area contributed by atoms with Gasteiger partial charge in [-0.2, -0.15) is 0 Å². The number of nitrogens with one attached hydrogen (secondary N) is 1. The zero-order valence-corrected chi connectivity index (χ0v) is 11.2. The second kappa shape index (κ2) is 7.25. The molecule has 0 radical (unpaired) electrons. The third-order valence-corrected chi connectivity index (χ3v) is 3.71. The molecule has 1 saturated carbocycles. The Hall–Kier alpha value is -0.120. The number of hydrogen-bond acceptors (Lipinski definition) is 3. The van der Waals surface area contributed by atoms with Gasteiger partial charge < -0.3 is 15.0 Å². The van der Waals surface area contributed by atoms with E-state index in [0.717, 1.165) is 19.6 Å². The predicted molar refractivity (Wildman–Crippen MR) is 68.8 cm³/mol. The van der Waals surface area contributed by atoms with Gasteiger partial charge in [-0.25, -0.2) is 0 Å². The summed E-state index contributed by atoms with van der Waals surface area (Å²) in [7, 11) is 6.09. The summed E-state index contributed by atoms with van der Waals surface area (Å²) in [5, 5.41) is 3.37. The van der Waals surface area contributed by atoms with E-state index < -0.39 is 0 Å². The Bertz CT molecular complexity index is 179. The van der Waals surface area contributed by atoms with E-state index in [1.54, 1.807) is 7.11 Å². The minimum atomic E-state index is 0.538. The molecule has 0 aromatic heterocycles. The monoisotopic (exact) mass is 228 g/mol. The molecule has 0 atom stereocenters. The van der Waals surface area contributed by atoms with E-state index >= 15 is 0 Å². The van der Waals surface area contributed by atoms with Crippen molar-refractivity contribution in [2.24, 2.45) is 5.41 Å². The molecular weight excluding hydrogens is 200 g/mol. The summed E-state index contributed by atoms with van der Waals surface area (Å²) in [6, 6.07) is 0. The lowest BCUT2D eigenvalue weighted by Crippen LogP contribution is -2.40. The van der Waals surface area contributed by atoms with Gasteiger partial charge in [0.2, 0.25) is 0 Å². The first kappa shape index (κ1) is 13.9. The van der Waals surface area contributed by atoms with E-state index in [-0.39, 0.29) is 0 Å². The second-order valence-corrected chi connectivity index (χ2v) is 5.32. The zero-order chi connectivity index (χ0) is 11.9. The van der Waals surface area contributed by atoms with Crippen LogP contribution < -0.4 is 5.32 Å². The van der Waals surface area contributed by atoms with Crippen LogP contribution in [0.1, 0.15) is 32.1 Å². The van der Waals surface area contributed by atoms with Crippen LogP contribution in [0.2, 0.25) is 0 Å². The Morgan fingerprint density at radius 1 is 1.31 bits per heavy atom. The number of ether oxygens (including phenoxy) is 1. The minimum Gasteiger partial charge on any atom is -0.385 e. The van der Waals surface area contributed by atoms with Crippen molar-refractivity contribution in [3.63, 3.8) is 0 Å². The summed E-state index contributed by atoms with van der Waals surface area (Å²) in [6.07, 6.45) is 6.74. The molecule has 0 unspecified atom stereocenters. The van der Waals surface area contributed by atoms with Crippen molar-refractivity contribution in [3.05, 3.63) is 0 Å². The van der Waals surface area contributed by atoms with Crippen molar-refractivity contribution >= 4 is 0 Å². The number of hydrogen-bond donors (Lipinski definition) is 1. The first-order valence-corrected chi connectivity index (χ1v) is 6.54. The van der Waals surface area contributed by atoms with Crippen molar-refractivity contribution in [1.29, 1.82) is 0 Å². The first-order chi connectivity index (χ1) is 7.72. The molecule has 0 spiro atoms. The molecule has 1 N–H and O–H groups in total. The third-order valence-electron chi connectivity index (χ3n) is 3.71. The smallest absolute Gasteiger partial charge is 0.0474 e.